The molecule has 2 aromatic rings. The van der Waals surface area contributed by atoms with Crippen LogP contribution < -0.4 is 0 Å². The number of morpholine rings is 1. The van der Waals surface area contributed by atoms with Crippen LogP contribution in [0.25, 0.3) is 11.0 Å². The van der Waals surface area contributed by atoms with E-state index < -0.39 is 8.24 Å². The van der Waals surface area contributed by atoms with E-state index in [4.69, 9.17) is 9.72 Å². The molecule has 3 heterocycles. The zero-order valence-electron chi connectivity index (χ0n) is 18.4. The van der Waals surface area contributed by atoms with Gasteiger partial charge in [0.2, 0.25) is 0 Å². The van der Waals surface area contributed by atoms with Gasteiger partial charge in [-0.3, -0.25) is 4.90 Å². The van der Waals surface area contributed by atoms with Gasteiger partial charge in [0.1, 0.15) is 5.65 Å². The predicted molar refractivity (Wildman–Crippen MR) is 120 cm³/mol. The van der Waals surface area contributed by atoms with E-state index in [1.807, 2.05) is 0 Å². The van der Waals surface area contributed by atoms with Crippen molar-refractivity contribution in [3.8, 4) is 0 Å². The van der Waals surface area contributed by atoms with Gasteiger partial charge in [0, 0.05) is 30.7 Å². The smallest absolute Gasteiger partial charge is 0.163 e. The van der Waals surface area contributed by atoms with Crippen LogP contribution in [-0.4, -0.2) is 54.7 Å². The molecule has 0 unspecified atom stereocenters. The normalized spacial score (nSPS) is 25.3. The highest BCUT2D eigenvalue weighted by Gasteiger charge is 2.38. The van der Waals surface area contributed by atoms with Crippen LogP contribution in [0.2, 0.25) is 18.1 Å². The Balaban J connectivity index is 1.49. The third-order valence-corrected chi connectivity index (χ3v) is 13.0. The molecule has 1 aliphatic heterocycles. The highest BCUT2D eigenvalue weighted by atomic mass is 28.3. The fourth-order valence-corrected chi connectivity index (χ4v) is 6.68. The molecule has 0 amide bonds. The van der Waals surface area contributed by atoms with Gasteiger partial charge in [-0.1, -0.05) is 33.9 Å². The largest absolute Gasteiger partial charge is 0.379 e. The number of aromatic nitrogens is 2. The highest BCUT2D eigenvalue weighted by Crippen LogP contribution is 2.40. The molecule has 1 aliphatic carbocycles. The molecule has 0 N–H and O–H groups in total. The maximum absolute atomic E-state index is 5.52. The topological polar surface area (TPSA) is 30.3 Å². The van der Waals surface area contributed by atoms with Crippen LogP contribution in [0.15, 0.2) is 24.5 Å². The average molecular weight is 400 g/mol. The fourth-order valence-electron chi connectivity index (χ4n) is 4.79. The number of hydrogen-bond acceptors (Lipinski definition) is 3. The number of ether oxygens (including phenoxy) is 1. The van der Waals surface area contributed by atoms with Gasteiger partial charge >= 0.3 is 0 Å². The molecule has 1 saturated heterocycles. The first kappa shape index (κ1) is 20.1. The first-order valence-electron chi connectivity index (χ1n) is 11.1. The third kappa shape index (κ3) is 3.69. The second kappa shape index (κ2) is 7.58. The van der Waals surface area contributed by atoms with Crippen LogP contribution in [0.1, 0.15) is 57.9 Å². The molecule has 1 saturated carbocycles. The molecule has 2 aromatic heterocycles. The van der Waals surface area contributed by atoms with E-state index in [-0.39, 0.29) is 0 Å². The van der Waals surface area contributed by atoms with Crippen LogP contribution in [-0.2, 0) is 4.74 Å². The van der Waals surface area contributed by atoms with Gasteiger partial charge < -0.3 is 8.97 Å². The Bertz CT molecular complexity index is 809. The summed E-state index contributed by atoms with van der Waals surface area (Å²) in [6.45, 7) is 16.1. The van der Waals surface area contributed by atoms with Crippen molar-refractivity contribution in [2.45, 2.75) is 76.5 Å². The summed E-state index contributed by atoms with van der Waals surface area (Å²) in [6, 6.07) is 5.47. The summed E-state index contributed by atoms with van der Waals surface area (Å²) in [5.74, 6) is 0.672. The summed E-state index contributed by atoms with van der Waals surface area (Å²) < 4.78 is 8.02. The Labute approximate surface area is 171 Å². The lowest BCUT2D eigenvalue weighted by molar-refractivity contribution is 0.00729. The van der Waals surface area contributed by atoms with Crippen molar-refractivity contribution < 1.29 is 4.74 Å². The van der Waals surface area contributed by atoms with E-state index in [1.165, 1.54) is 42.3 Å². The minimum absolute atomic E-state index is 0.303. The van der Waals surface area contributed by atoms with Crippen LogP contribution in [0.3, 0.4) is 0 Å². The molecule has 4 nitrogen and oxygen atoms in total. The van der Waals surface area contributed by atoms with Gasteiger partial charge in [0.25, 0.3) is 0 Å². The van der Waals surface area contributed by atoms with Gasteiger partial charge in [-0.2, -0.15) is 0 Å². The molecule has 0 aromatic carbocycles. The molecular formula is C23H37N3OSi. The molecule has 0 atom stereocenters. The van der Waals surface area contributed by atoms with Crippen molar-refractivity contribution in [2.75, 3.05) is 26.3 Å². The van der Waals surface area contributed by atoms with E-state index in [9.17, 15) is 0 Å². The molecule has 154 valence electrons. The number of pyridine rings is 1. The van der Waals surface area contributed by atoms with Crippen LogP contribution in [0, 0.1) is 0 Å². The van der Waals surface area contributed by atoms with Crippen molar-refractivity contribution >= 4 is 19.3 Å². The van der Waals surface area contributed by atoms with Crippen molar-refractivity contribution in [3.63, 3.8) is 0 Å². The SMILES string of the molecule is CC(C)(C)[Si](C)(C)n1ccc2cc(C3CCC(N4CCOCC4)CC3)cnc21. The predicted octanol–water partition coefficient (Wildman–Crippen LogP) is 5.25. The monoisotopic (exact) mass is 399 g/mol. The Morgan fingerprint density at radius 1 is 1.07 bits per heavy atom. The van der Waals surface area contributed by atoms with Crippen molar-refractivity contribution in [3.05, 3.63) is 30.1 Å². The molecule has 2 aliphatic rings. The summed E-state index contributed by atoms with van der Waals surface area (Å²) in [5, 5.41) is 1.62. The van der Waals surface area contributed by atoms with E-state index in [0.29, 0.717) is 11.0 Å². The van der Waals surface area contributed by atoms with E-state index in [0.717, 1.165) is 32.3 Å². The minimum atomic E-state index is -1.64. The van der Waals surface area contributed by atoms with Crippen molar-refractivity contribution in [1.29, 1.82) is 0 Å². The van der Waals surface area contributed by atoms with Crippen molar-refractivity contribution in [1.82, 2.24) is 14.1 Å². The van der Waals surface area contributed by atoms with E-state index in [2.05, 4.69) is 67.5 Å². The summed E-state index contributed by atoms with van der Waals surface area (Å²) in [5.41, 5.74) is 2.62. The molecular weight excluding hydrogens is 362 g/mol. The Morgan fingerprint density at radius 3 is 2.39 bits per heavy atom. The molecule has 2 fully saturated rings. The first-order valence-corrected chi connectivity index (χ1v) is 14.0. The van der Waals surface area contributed by atoms with E-state index in [1.54, 1.807) is 0 Å². The second-order valence-electron chi connectivity index (χ2n) is 10.3. The lowest BCUT2D eigenvalue weighted by Crippen LogP contribution is -2.45. The van der Waals surface area contributed by atoms with Gasteiger partial charge in [-0.15, -0.1) is 0 Å². The summed E-state index contributed by atoms with van der Waals surface area (Å²) in [6.07, 6.45) is 9.66. The quantitative estimate of drug-likeness (QED) is 0.661. The number of nitrogens with zero attached hydrogens (tertiary/aromatic N) is 3. The lowest BCUT2D eigenvalue weighted by Gasteiger charge is -2.39. The van der Waals surface area contributed by atoms with Gasteiger partial charge in [0.15, 0.2) is 8.24 Å². The second-order valence-corrected chi connectivity index (χ2v) is 15.4. The Morgan fingerprint density at radius 2 is 1.75 bits per heavy atom. The van der Waals surface area contributed by atoms with Crippen LogP contribution in [0.5, 0.6) is 0 Å². The lowest BCUT2D eigenvalue weighted by atomic mass is 9.81. The third-order valence-electron chi connectivity index (χ3n) is 7.72. The maximum atomic E-state index is 5.52. The molecule has 0 radical (unpaired) electrons. The minimum Gasteiger partial charge on any atom is -0.379 e. The number of hydrogen-bond donors (Lipinski definition) is 0. The van der Waals surface area contributed by atoms with Crippen LogP contribution >= 0.6 is 0 Å². The summed E-state index contributed by atoms with van der Waals surface area (Å²) >= 11 is 0. The maximum Gasteiger partial charge on any atom is 0.163 e. The number of rotatable bonds is 3. The molecule has 0 bridgehead atoms. The van der Waals surface area contributed by atoms with Gasteiger partial charge in [-0.25, -0.2) is 4.98 Å². The summed E-state index contributed by atoms with van der Waals surface area (Å²) in [4.78, 5) is 7.63. The highest BCUT2D eigenvalue weighted by molar-refractivity contribution is 6.79. The fraction of sp³-hybridized carbons (Fsp3) is 0.696. The number of fused-ring (bicyclic) bond motifs is 1. The summed E-state index contributed by atoms with van der Waals surface area (Å²) in [7, 11) is -1.64. The zero-order valence-corrected chi connectivity index (χ0v) is 19.4. The Hall–Kier alpha value is -1.17. The Kier molecular flexibility index (Phi) is 5.45. The van der Waals surface area contributed by atoms with E-state index >= 15 is 0 Å². The van der Waals surface area contributed by atoms with Crippen LogP contribution in [0.4, 0.5) is 0 Å². The zero-order chi connectivity index (χ0) is 19.9. The molecule has 0 spiro atoms. The molecule has 5 heteroatoms. The van der Waals surface area contributed by atoms with Crippen molar-refractivity contribution in [2.24, 2.45) is 0 Å². The average Bonchev–Trinajstić information content (AvgIpc) is 3.12. The molecule has 4 rings (SSSR count). The molecule has 28 heavy (non-hydrogen) atoms. The van der Waals surface area contributed by atoms with Gasteiger partial charge in [-0.05, 0) is 60.5 Å². The first-order chi connectivity index (χ1) is 13.3. The van der Waals surface area contributed by atoms with Gasteiger partial charge in [0.05, 0.1) is 13.2 Å². The standard InChI is InChI=1S/C23H37N3OSi/c1-23(2,3)28(4,5)26-11-10-19-16-20(17-24-22(19)26)18-6-8-21(9-7-18)25-12-14-27-15-13-25/h10-11,16-18,21H,6-9,12-15H2,1-5H3.